The number of hydrogen-bond acceptors (Lipinski definition) is 4. The summed E-state index contributed by atoms with van der Waals surface area (Å²) in [5.74, 6) is 0.767. The van der Waals surface area contributed by atoms with Gasteiger partial charge in [0, 0.05) is 12.1 Å². The van der Waals surface area contributed by atoms with Gasteiger partial charge < -0.3 is 10.1 Å². The van der Waals surface area contributed by atoms with Crippen molar-refractivity contribution in [3.8, 4) is 5.75 Å². The van der Waals surface area contributed by atoms with Crippen LogP contribution >= 0.6 is 11.3 Å². The van der Waals surface area contributed by atoms with Gasteiger partial charge in [-0.25, -0.2) is 0 Å². The second-order valence-electron chi connectivity index (χ2n) is 7.42. The molecule has 5 heteroatoms. The molecule has 0 spiro atoms. The molecule has 4 nitrogen and oxygen atoms in total. The largest absolute Gasteiger partial charge is 0.491 e. The molecule has 2 heterocycles. The van der Waals surface area contributed by atoms with Gasteiger partial charge in [-0.2, -0.15) is 11.3 Å². The number of ether oxygens (including phenoxy) is 1. The zero-order chi connectivity index (χ0) is 19.1. The van der Waals surface area contributed by atoms with Crippen LogP contribution in [-0.2, 0) is 0 Å². The van der Waals surface area contributed by atoms with Crippen LogP contribution in [-0.4, -0.2) is 36.5 Å². The maximum atomic E-state index is 12.6. The van der Waals surface area contributed by atoms with E-state index in [4.69, 9.17) is 4.74 Å². The van der Waals surface area contributed by atoms with Crippen molar-refractivity contribution >= 4 is 17.2 Å². The summed E-state index contributed by atoms with van der Waals surface area (Å²) in [6.07, 6.45) is 5.23. The van der Waals surface area contributed by atoms with Crippen molar-refractivity contribution in [1.29, 1.82) is 0 Å². The molecule has 1 saturated heterocycles. The molecule has 1 aromatic heterocycles. The van der Waals surface area contributed by atoms with Gasteiger partial charge in [-0.05, 0) is 86.4 Å². The van der Waals surface area contributed by atoms with Crippen molar-refractivity contribution in [2.75, 3.05) is 19.6 Å². The first-order chi connectivity index (χ1) is 13.1. The second kappa shape index (κ2) is 9.90. The summed E-state index contributed by atoms with van der Waals surface area (Å²) in [5.41, 5.74) is 1.98. The molecule has 2 aromatic rings. The number of rotatable bonds is 7. The molecule has 0 radical (unpaired) electrons. The Bertz CT molecular complexity index is 690. The first-order valence-corrected chi connectivity index (χ1v) is 10.9. The van der Waals surface area contributed by atoms with Gasteiger partial charge in [-0.1, -0.05) is 12.8 Å². The minimum atomic E-state index is -0.0267. The van der Waals surface area contributed by atoms with Crippen LogP contribution in [0.25, 0.3) is 0 Å². The van der Waals surface area contributed by atoms with E-state index in [1.807, 2.05) is 38.1 Å². The summed E-state index contributed by atoms with van der Waals surface area (Å²) in [4.78, 5) is 15.2. The van der Waals surface area contributed by atoms with E-state index in [0.717, 1.165) is 18.8 Å². The summed E-state index contributed by atoms with van der Waals surface area (Å²) < 4.78 is 5.65. The molecule has 1 fully saturated rings. The monoisotopic (exact) mass is 386 g/mol. The number of nitrogens with one attached hydrogen (secondary N) is 1. The molecule has 1 aromatic carbocycles. The topological polar surface area (TPSA) is 41.6 Å². The summed E-state index contributed by atoms with van der Waals surface area (Å²) in [6, 6.07) is 9.82. The summed E-state index contributed by atoms with van der Waals surface area (Å²) in [7, 11) is 0. The Kier molecular flexibility index (Phi) is 7.30. The molecule has 0 bridgehead atoms. The van der Waals surface area contributed by atoms with Crippen LogP contribution in [0.1, 0.15) is 61.5 Å². The van der Waals surface area contributed by atoms with Gasteiger partial charge in [0.15, 0.2) is 0 Å². The van der Waals surface area contributed by atoms with Crippen LogP contribution in [0.2, 0.25) is 0 Å². The van der Waals surface area contributed by atoms with Gasteiger partial charge in [-0.15, -0.1) is 0 Å². The fourth-order valence-corrected chi connectivity index (χ4v) is 4.28. The molecule has 146 valence electrons. The molecule has 1 aliphatic rings. The highest BCUT2D eigenvalue weighted by atomic mass is 32.1. The maximum absolute atomic E-state index is 12.6. The quantitative estimate of drug-likeness (QED) is 0.737. The fraction of sp³-hybridized carbons (Fsp3) is 0.500. The van der Waals surface area contributed by atoms with Crippen molar-refractivity contribution in [3.63, 3.8) is 0 Å². The number of amides is 1. The first kappa shape index (κ1) is 19.9. The first-order valence-electron chi connectivity index (χ1n) is 9.94. The number of likely N-dealkylation sites (tertiary alicyclic amines) is 1. The third-order valence-electron chi connectivity index (χ3n) is 4.95. The Balaban J connectivity index is 1.63. The van der Waals surface area contributed by atoms with E-state index in [2.05, 4.69) is 27.0 Å². The highest BCUT2D eigenvalue weighted by Crippen LogP contribution is 2.25. The molecule has 0 saturated carbocycles. The molecular formula is C22H30N2O2S. The molecule has 3 rings (SSSR count). The van der Waals surface area contributed by atoms with Crippen LogP contribution in [0.15, 0.2) is 41.1 Å². The predicted molar refractivity (Wildman–Crippen MR) is 112 cm³/mol. The molecule has 1 N–H and O–H groups in total. The van der Waals surface area contributed by atoms with Gasteiger partial charge in [0.25, 0.3) is 5.91 Å². The number of benzene rings is 1. The minimum absolute atomic E-state index is 0.0267. The summed E-state index contributed by atoms with van der Waals surface area (Å²) >= 11 is 1.72. The van der Waals surface area contributed by atoms with Gasteiger partial charge in [0.2, 0.25) is 0 Å². The number of hydrogen-bond donors (Lipinski definition) is 1. The molecule has 0 aliphatic carbocycles. The van der Waals surface area contributed by atoms with Crippen molar-refractivity contribution in [2.45, 2.75) is 51.7 Å². The normalized spacial score (nSPS) is 16.7. The van der Waals surface area contributed by atoms with Crippen molar-refractivity contribution in [1.82, 2.24) is 10.2 Å². The smallest absolute Gasteiger partial charge is 0.251 e. The molecule has 27 heavy (non-hydrogen) atoms. The van der Waals surface area contributed by atoms with Gasteiger partial charge >= 0.3 is 0 Å². The Morgan fingerprint density at radius 3 is 2.41 bits per heavy atom. The average Bonchev–Trinajstić information content (AvgIpc) is 3.05. The molecule has 1 aliphatic heterocycles. The third kappa shape index (κ3) is 5.81. The van der Waals surface area contributed by atoms with Crippen LogP contribution in [0.4, 0.5) is 0 Å². The lowest BCUT2D eigenvalue weighted by Gasteiger charge is -2.30. The Hall–Kier alpha value is -1.85. The molecular weight excluding hydrogens is 356 g/mol. The van der Waals surface area contributed by atoms with Crippen LogP contribution in [0.5, 0.6) is 5.75 Å². The third-order valence-corrected chi connectivity index (χ3v) is 5.66. The van der Waals surface area contributed by atoms with E-state index in [9.17, 15) is 4.79 Å². The van der Waals surface area contributed by atoms with E-state index < -0.39 is 0 Å². The maximum Gasteiger partial charge on any atom is 0.251 e. The Morgan fingerprint density at radius 2 is 1.81 bits per heavy atom. The number of carbonyl (C=O) groups is 1. The van der Waals surface area contributed by atoms with Crippen molar-refractivity contribution < 1.29 is 9.53 Å². The summed E-state index contributed by atoms with van der Waals surface area (Å²) in [5, 5.41) is 7.48. The zero-order valence-electron chi connectivity index (χ0n) is 16.3. The van der Waals surface area contributed by atoms with E-state index >= 15 is 0 Å². The lowest BCUT2D eigenvalue weighted by Crippen LogP contribution is -2.38. The zero-order valence-corrected chi connectivity index (χ0v) is 17.1. The second-order valence-corrected chi connectivity index (χ2v) is 8.20. The highest BCUT2D eigenvalue weighted by molar-refractivity contribution is 7.07. The number of carbonyl (C=O) groups excluding carboxylic acids is 1. The van der Waals surface area contributed by atoms with Gasteiger partial charge in [0.05, 0.1) is 12.1 Å². The van der Waals surface area contributed by atoms with E-state index in [1.165, 1.54) is 31.2 Å². The Labute approximate surface area is 166 Å². The van der Waals surface area contributed by atoms with Crippen LogP contribution < -0.4 is 10.1 Å². The SMILES string of the molecule is CC(C)Oc1ccc(C(=O)NCC(c2ccsc2)N2CCCCCC2)cc1. The van der Waals surface area contributed by atoms with Crippen LogP contribution in [0, 0.1) is 0 Å². The van der Waals surface area contributed by atoms with E-state index in [-0.39, 0.29) is 18.1 Å². The number of thiophene rings is 1. The standard InChI is InChI=1S/C22H30N2O2S/c1-17(2)26-20-9-7-18(8-10-20)22(25)23-15-21(19-11-14-27-16-19)24-12-5-3-4-6-13-24/h7-11,14,16-17,21H,3-6,12-13,15H2,1-2H3,(H,23,25). The van der Waals surface area contributed by atoms with Crippen molar-refractivity contribution in [3.05, 3.63) is 52.2 Å². The average molecular weight is 387 g/mol. The van der Waals surface area contributed by atoms with Crippen molar-refractivity contribution in [2.24, 2.45) is 0 Å². The minimum Gasteiger partial charge on any atom is -0.491 e. The predicted octanol–water partition coefficient (Wildman–Crippen LogP) is 4.88. The number of nitrogens with zero attached hydrogens (tertiary/aromatic N) is 1. The fourth-order valence-electron chi connectivity index (χ4n) is 3.58. The molecule has 1 amide bonds. The van der Waals surface area contributed by atoms with Gasteiger partial charge in [0.1, 0.15) is 5.75 Å². The highest BCUT2D eigenvalue weighted by Gasteiger charge is 2.22. The van der Waals surface area contributed by atoms with Gasteiger partial charge in [-0.3, -0.25) is 9.69 Å². The summed E-state index contributed by atoms with van der Waals surface area (Å²) in [6.45, 7) is 6.84. The Morgan fingerprint density at radius 1 is 1.11 bits per heavy atom. The van der Waals surface area contributed by atoms with E-state index in [1.54, 1.807) is 11.3 Å². The lowest BCUT2D eigenvalue weighted by molar-refractivity contribution is 0.0933. The van der Waals surface area contributed by atoms with Crippen LogP contribution in [0.3, 0.4) is 0 Å². The van der Waals surface area contributed by atoms with E-state index in [0.29, 0.717) is 12.1 Å². The molecule has 1 atom stereocenters. The molecule has 1 unspecified atom stereocenters. The lowest BCUT2D eigenvalue weighted by atomic mass is 10.1.